The third kappa shape index (κ3) is 2.99. The second-order valence-electron chi connectivity index (χ2n) is 14.1. The summed E-state index contributed by atoms with van der Waals surface area (Å²) in [6, 6.07) is 6.21. The van der Waals surface area contributed by atoms with Crippen LogP contribution in [0.4, 0.5) is 0 Å². The largest absolute Gasteiger partial charge is 0.449 e. The molecule has 1 saturated heterocycles. The van der Waals surface area contributed by atoms with Crippen LogP contribution in [0.1, 0.15) is 92.6 Å². The van der Waals surface area contributed by atoms with Gasteiger partial charge in [-0.15, -0.1) is 0 Å². The molecule has 2 spiro atoms. The fourth-order valence-corrected chi connectivity index (χ4v) is 11.2. The summed E-state index contributed by atoms with van der Waals surface area (Å²) in [5.74, 6) is 1.89. The number of nitrogens with two attached hydrogens (primary N) is 1. The molecule has 8 rings (SSSR count). The Balaban J connectivity index is 1.28. The molecule has 5 aliphatic carbocycles. The van der Waals surface area contributed by atoms with Crippen LogP contribution in [0.25, 0.3) is 0 Å². The first-order chi connectivity index (χ1) is 20.5. The Morgan fingerprint density at radius 1 is 1.10 bits per heavy atom. The van der Waals surface area contributed by atoms with Crippen molar-refractivity contribution in [1.82, 2.24) is 0 Å². The molecule has 2 N–H and O–H groups in total. The lowest BCUT2D eigenvalue weighted by molar-refractivity contribution is -0.270. The second-order valence-corrected chi connectivity index (χ2v) is 14.1. The van der Waals surface area contributed by atoms with Gasteiger partial charge in [0.1, 0.15) is 11.2 Å². The molecule has 0 amide bonds. The van der Waals surface area contributed by atoms with Crippen molar-refractivity contribution in [3.8, 4) is 0 Å². The summed E-state index contributed by atoms with van der Waals surface area (Å²) in [4.78, 5) is 28.1. The van der Waals surface area contributed by atoms with Crippen molar-refractivity contribution in [3.63, 3.8) is 0 Å². The molecule has 1 aromatic rings. The molecule has 4 fully saturated rings. The number of allylic oxidation sites excluding steroid dienone is 6. The van der Waals surface area contributed by atoms with Gasteiger partial charge < -0.3 is 15.2 Å². The minimum absolute atomic E-state index is 0.149. The predicted octanol–water partition coefficient (Wildman–Crippen LogP) is 7.08. The zero-order valence-corrected chi connectivity index (χ0v) is 24.8. The molecule has 2 heterocycles. The van der Waals surface area contributed by atoms with Crippen molar-refractivity contribution < 1.29 is 19.1 Å². The number of carbonyl (C=O) groups is 2. The highest BCUT2D eigenvalue weighted by atomic mass is 16.6. The molecule has 2 aliphatic heterocycles. The van der Waals surface area contributed by atoms with Crippen LogP contribution < -0.4 is 5.73 Å². The molecule has 5 nitrogen and oxygen atoms in total. The predicted molar refractivity (Wildman–Crippen MR) is 161 cm³/mol. The summed E-state index contributed by atoms with van der Waals surface area (Å²) >= 11 is 0. The van der Waals surface area contributed by atoms with E-state index >= 15 is 0 Å². The van der Waals surface area contributed by atoms with Crippen LogP contribution in [0.15, 0.2) is 66.5 Å². The van der Waals surface area contributed by atoms with Crippen LogP contribution in [0.2, 0.25) is 0 Å². The van der Waals surface area contributed by atoms with Crippen molar-refractivity contribution in [2.45, 2.75) is 83.2 Å². The van der Waals surface area contributed by atoms with E-state index in [0.29, 0.717) is 23.9 Å². The molecule has 1 aromatic carbocycles. The van der Waals surface area contributed by atoms with Crippen LogP contribution in [0.5, 0.6) is 0 Å². The zero-order chi connectivity index (χ0) is 28.7. The fourth-order valence-electron chi connectivity index (χ4n) is 11.2. The number of esters is 2. The van der Waals surface area contributed by atoms with Crippen LogP contribution in [0.3, 0.4) is 0 Å². The van der Waals surface area contributed by atoms with E-state index in [2.05, 4.69) is 61.6 Å². The first-order valence-corrected chi connectivity index (χ1v) is 16.5. The minimum atomic E-state index is -0.893. The highest BCUT2D eigenvalue weighted by molar-refractivity contribution is 5.99. The third-order valence-electron chi connectivity index (χ3n) is 12.7. The Hall–Kier alpha value is -2.92. The first-order valence-electron chi connectivity index (χ1n) is 16.5. The smallest absolute Gasteiger partial charge is 0.339 e. The molecule has 8 atom stereocenters. The van der Waals surface area contributed by atoms with Crippen molar-refractivity contribution in [2.24, 2.45) is 45.7 Å². The van der Waals surface area contributed by atoms with E-state index < -0.39 is 16.4 Å². The lowest BCUT2D eigenvalue weighted by atomic mass is 9.32. The number of hydrogen-bond donors (Lipinski definition) is 1. The molecule has 0 aromatic heterocycles. The molecule has 3 saturated carbocycles. The molecule has 0 unspecified atom stereocenters. The fraction of sp³-hybridized carbons (Fsp3) is 0.568. The van der Waals surface area contributed by atoms with Gasteiger partial charge in [0, 0.05) is 11.5 Å². The first kappa shape index (κ1) is 26.7. The highest BCUT2D eigenvalue weighted by Crippen LogP contribution is 2.84. The Morgan fingerprint density at radius 3 is 2.83 bits per heavy atom. The van der Waals surface area contributed by atoms with Crippen molar-refractivity contribution in [2.75, 3.05) is 6.54 Å². The lowest BCUT2D eigenvalue weighted by Gasteiger charge is -2.68. The van der Waals surface area contributed by atoms with Crippen LogP contribution >= 0.6 is 0 Å². The maximum absolute atomic E-state index is 14.2. The second kappa shape index (κ2) is 9.29. The summed E-state index contributed by atoms with van der Waals surface area (Å²) in [6.45, 7) is 2.73. The molecule has 220 valence electrons. The molecular formula is C37H43NO4. The maximum Gasteiger partial charge on any atom is 0.339 e. The normalized spacial score (nSPS) is 43.0. The quantitative estimate of drug-likeness (QED) is 0.295. The number of ether oxygens (including phenoxy) is 2. The van der Waals surface area contributed by atoms with Crippen molar-refractivity contribution in [3.05, 3.63) is 83.2 Å². The van der Waals surface area contributed by atoms with E-state index in [-0.39, 0.29) is 23.3 Å². The van der Waals surface area contributed by atoms with Crippen molar-refractivity contribution in [1.29, 1.82) is 0 Å². The van der Waals surface area contributed by atoms with Crippen LogP contribution in [-0.4, -0.2) is 18.5 Å². The lowest BCUT2D eigenvalue weighted by Crippen LogP contribution is -2.75. The zero-order valence-electron chi connectivity index (χ0n) is 24.8. The van der Waals surface area contributed by atoms with Gasteiger partial charge in [0.15, 0.2) is 5.60 Å². The van der Waals surface area contributed by atoms with Gasteiger partial charge in [-0.25, -0.2) is 4.79 Å². The van der Waals surface area contributed by atoms with E-state index in [4.69, 9.17) is 15.2 Å². The van der Waals surface area contributed by atoms with Crippen LogP contribution in [-0.2, 0) is 26.3 Å². The topological polar surface area (TPSA) is 78.6 Å². The summed E-state index contributed by atoms with van der Waals surface area (Å²) in [6.07, 6.45) is 26.9. The third-order valence-corrected chi connectivity index (χ3v) is 12.7. The van der Waals surface area contributed by atoms with E-state index in [0.717, 1.165) is 74.2 Å². The number of fused-ring (bicyclic) bond motifs is 2. The van der Waals surface area contributed by atoms with Gasteiger partial charge >= 0.3 is 11.9 Å². The van der Waals surface area contributed by atoms with Gasteiger partial charge in [0.25, 0.3) is 0 Å². The molecule has 0 radical (unpaired) electrons. The number of benzene rings is 1. The number of cyclic esters (lactones) is 1. The van der Waals surface area contributed by atoms with E-state index in [1.54, 1.807) is 0 Å². The number of aryl methyl sites for hydroxylation is 1. The Morgan fingerprint density at radius 2 is 1.98 bits per heavy atom. The summed E-state index contributed by atoms with van der Waals surface area (Å²) in [5.41, 5.74) is 6.37. The van der Waals surface area contributed by atoms with Gasteiger partial charge in [-0.2, -0.15) is 0 Å². The SMILES string of the molecule is CCC[C@@H]1[C@]23C=CCC[C@]2(C(=C[C@@H]2CC[C@H]4CC[C@H]5C=CC=C[C@@]45C2)OC3=O)[C@@]12OC(=O)c1c(CCCN)cccc12. The monoisotopic (exact) mass is 565 g/mol. The standard InChI is InChI=1S/C37H43NO4/c1-2-9-29-35-19-5-6-20-36(35,37(29)28-13-7-10-25(11-8-21-38)31(28)32(39)42-37)30(41-33(35)40)22-24-14-15-27-17-16-26-12-3-4-18-34(26,27)23-24/h3-5,7,10,12-13,18-19,22,24,26-27,29H,2,6,8-9,11,14-17,20-21,23,38H2,1H3/t24-,26+,27-,29+,34-,35-,36+,37-/m0/s1. The summed E-state index contributed by atoms with van der Waals surface area (Å²) in [5, 5.41) is 0. The molecule has 7 aliphatic rings. The minimum Gasteiger partial charge on any atom is -0.449 e. The Bertz CT molecular complexity index is 1470. The van der Waals surface area contributed by atoms with Gasteiger partial charge in [-0.05, 0) is 106 Å². The number of rotatable bonds is 6. The molecule has 5 heteroatoms. The number of hydrogen-bond acceptors (Lipinski definition) is 5. The number of carbonyl (C=O) groups excluding carboxylic acids is 2. The van der Waals surface area contributed by atoms with Gasteiger partial charge in [-0.3, -0.25) is 4.79 Å². The van der Waals surface area contributed by atoms with Crippen LogP contribution in [0, 0.1) is 39.9 Å². The Labute approximate surface area is 249 Å². The molecular weight excluding hydrogens is 522 g/mol. The highest BCUT2D eigenvalue weighted by Gasteiger charge is 2.90. The van der Waals surface area contributed by atoms with E-state index in [1.807, 2.05) is 6.07 Å². The summed E-state index contributed by atoms with van der Waals surface area (Å²) < 4.78 is 13.2. The van der Waals surface area contributed by atoms with Gasteiger partial charge in [-0.1, -0.05) is 68.0 Å². The molecule has 42 heavy (non-hydrogen) atoms. The molecule has 0 bridgehead atoms. The van der Waals surface area contributed by atoms with Gasteiger partial charge in [0.05, 0.1) is 11.0 Å². The van der Waals surface area contributed by atoms with E-state index in [9.17, 15) is 9.59 Å². The van der Waals surface area contributed by atoms with Gasteiger partial charge in [0.2, 0.25) is 0 Å². The summed E-state index contributed by atoms with van der Waals surface area (Å²) in [7, 11) is 0. The van der Waals surface area contributed by atoms with Crippen molar-refractivity contribution >= 4 is 11.9 Å². The average Bonchev–Trinajstić information content (AvgIpc) is 3.61. The Kier molecular flexibility index (Phi) is 5.90. The average molecular weight is 566 g/mol. The van der Waals surface area contributed by atoms with E-state index in [1.165, 1.54) is 19.3 Å². The maximum atomic E-state index is 14.2.